The van der Waals surface area contributed by atoms with Crippen LogP contribution in [0.5, 0.6) is 0 Å². The number of aromatic nitrogens is 4. The Bertz CT molecular complexity index is 1020. The van der Waals surface area contributed by atoms with Gasteiger partial charge >= 0.3 is 0 Å². The molecule has 4 rings (SSSR count). The number of carbonyl (C=O) groups excluding carboxylic acids is 1. The summed E-state index contributed by atoms with van der Waals surface area (Å²) in [5, 5.41) is 11.5. The maximum absolute atomic E-state index is 12.8. The van der Waals surface area contributed by atoms with Crippen LogP contribution in [0.15, 0.2) is 28.9 Å². The molecule has 0 fully saturated rings. The van der Waals surface area contributed by atoms with Crippen molar-refractivity contribution in [3.05, 3.63) is 52.7 Å². The van der Waals surface area contributed by atoms with Crippen molar-refractivity contribution in [3.8, 4) is 11.4 Å². The quantitative estimate of drug-likeness (QED) is 0.661. The molecule has 1 atom stereocenters. The number of nitrogens with one attached hydrogen (secondary N) is 1. The van der Waals surface area contributed by atoms with E-state index in [9.17, 15) is 4.79 Å². The molecule has 1 aliphatic carbocycles. The normalized spacial score (nSPS) is 15.5. The Labute approximate surface area is 169 Å². The van der Waals surface area contributed by atoms with Gasteiger partial charge in [-0.3, -0.25) is 9.48 Å². The fraction of sp³-hybridized carbons (Fsp3) is 0.429. The zero-order valence-corrected chi connectivity index (χ0v) is 16.9. The highest BCUT2D eigenvalue weighted by Crippen LogP contribution is 2.34. The number of rotatable bonds is 7. The van der Waals surface area contributed by atoms with E-state index in [0.717, 1.165) is 29.7 Å². The second kappa shape index (κ2) is 8.16. The van der Waals surface area contributed by atoms with E-state index in [4.69, 9.17) is 9.26 Å². The van der Waals surface area contributed by atoms with Crippen LogP contribution in [0.4, 0.5) is 0 Å². The van der Waals surface area contributed by atoms with E-state index in [1.54, 1.807) is 18.0 Å². The molecule has 1 amide bonds. The van der Waals surface area contributed by atoms with Gasteiger partial charge in [0.1, 0.15) is 0 Å². The maximum Gasteiger partial charge on any atom is 0.255 e. The minimum Gasteiger partial charge on any atom is -0.383 e. The number of methoxy groups -OCH3 is 1. The number of nitrogens with zero attached hydrogens (tertiary/aromatic N) is 4. The molecule has 0 aliphatic heterocycles. The monoisotopic (exact) mass is 395 g/mol. The van der Waals surface area contributed by atoms with Crippen molar-refractivity contribution in [2.75, 3.05) is 13.7 Å². The summed E-state index contributed by atoms with van der Waals surface area (Å²) < 4.78 is 12.1. The first-order valence-electron chi connectivity index (χ1n) is 9.88. The number of hydrogen-bond donors (Lipinski definition) is 1. The number of amides is 1. The SMILES string of the molecule is CCc1nc(-c2ccc3c(c2)CCC3NC(=O)c2cnn(CCOC)c2C)no1. The predicted molar refractivity (Wildman–Crippen MR) is 106 cm³/mol. The lowest BCUT2D eigenvalue weighted by Crippen LogP contribution is -2.27. The predicted octanol–water partition coefficient (Wildman–Crippen LogP) is 2.87. The van der Waals surface area contributed by atoms with Gasteiger partial charge in [-0.25, -0.2) is 0 Å². The Morgan fingerprint density at radius 2 is 2.28 bits per heavy atom. The molecule has 0 radical (unpaired) electrons. The van der Waals surface area contributed by atoms with Crippen LogP contribution in [0.2, 0.25) is 0 Å². The molecule has 8 heteroatoms. The molecule has 2 heterocycles. The first-order chi connectivity index (χ1) is 14.1. The molecular weight excluding hydrogens is 370 g/mol. The molecule has 1 N–H and O–H groups in total. The Hall–Kier alpha value is -3.00. The molecule has 0 spiro atoms. The molecular formula is C21H25N5O3. The average Bonchev–Trinajstić information content (AvgIpc) is 3.45. The van der Waals surface area contributed by atoms with Crippen LogP contribution in [0, 0.1) is 6.92 Å². The van der Waals surface area contributed by atoms with Gasteiger partial charge in [0.15, 0.2) is 0 Å². The molecule has 0 saturated carbocycles. The van der Waals surface area contributed by atoms with Gasteiger partial charge in [0.25, 0.3) is 5.91 Å². The summed E-state index contributed by atoms with van der Waals surface area (Å²) in [6, 6.07) is 6.13. The van der Waals surface area contributed by atoms with Crippen molar-refractivity contribution in [2.45, 2.75) is 45.7 Å². The molecule has 1 aromatic carbocycles. The van der Waals surface area contributed by atoms with Crippen molar-refractivity contribution < 1.29 is 14.1 Å². The average molecular weight is 395 g/mol. The standard InChI is InChI=1S/C21H25N5O3/c1-4-19-24-20(25-29-19)15-5-7-16-14(11-15)6-8-18(16)23-21(27)17-12-22-26(13(17)2)9-10-28-3/h5,7,11-12,18H,4,6,8-10H2,1-3H3,(H,23,27). The molecule has 2 aromatic heterocycles. The van der Waals surface area contributed by atoms with Crippen molar-refractivity contribution in [3.63, 3.8) is 0 Å². The van der Waals surface area contributed by atoms with Crippen molar-refractivity contribution in [1.82, 2.24) is 25.2 Å². The molecule has 152 valence electrons. The van der Waals surface area contributed by atoms with Gasteiger partial charge in [-0.1, -0.05) is 24.2 Å². The van der Waals surface area contributed by atoms with E-state index in [-0.39, 0.29) is 11.9 Å². The summed E-state index contributed by atoms with van der Waals surface area (Å²) in [5.74, 6) is 1.14. The number of ether oxygens (including phenoxy) is 1. The fourth-order valence-electron chi connectivity index (χ4n) is 3.73. The molecule has 1 aliphatic rings. The van der Waals surface area contributed by atoms with Crippen LogP contribution >= 0.6 is 0 Å². The summed E-state index contributed by atoms with van der Waals surface area (Å²) in [6.45, 7) is 5.07. The van der Waals surface area contributed by atoms with Gasteiger partial charge in [-0.05, 0) is 37.0 Å². The summed E-state index contributed by atoms with van der Waals surface area (Å²) in [7, 11) is 1.65. The number of carbonyl (C=O) groups is 1. The zero-order chi connectivity index (χ0) is 20.4. The Morgan fingerprint density at radius 1 is 1.41 bits per heavy atom. The van der Waals surface area contributed by atoms with Crippen molar-refractivity contribution in [1.29, 1.82) is 0 Å². The minimum absolute atomic E-state index is 0.00949. The second-order valence-electron chi connectivity index (χ2n) is 7.20. The molecule has 0 bridgehead atoms. The second-order valence-corrected chi connectivity index (χ2v) is 7.20. The summed E-state index contributed by atoms with van der Waals surface area (Å²) in [5.41, 5.74) is 4.74. The van der Waals surface area contributed by atoms with Crippen LogP contribution in [-0.2, 0) is 24.1 Å². The van der Waals surface area contributed by atoms with Gasteiger partial charge in [0, 0.05) is 24.8 Å². The van der Waals surface area contributed by atoms with Gasteiger partial charge < -0.3 is 14.6 Å². The first kappa shape index (κ1) is 19.3. The Kier molecular flexibility index (Phi) is 5.44. The molecule has 0 saturated heterocycles. The van der Waals surface area contributed by atoms with Crippen LogP contribution in [0.1, 0.15) is 52.5 Å². The highest BCUT2D eigenvalue weighted by molar-refractivity contribution is 5.95. The van der Waals surface area contributed by atoms with Gasteiger partial charge in [-0.15, -0.1) is 0 Å². The van der Waals surface area contributed by atoms with Crippen molar-refractivity contribution >= 4 is 5.91 Å². The topological polar surface area (TPSA) is 95.1 Å². The van der Waals surface area contributed by atoms with E-state index in [1.807, 2.05) is 19.9 Å². The molecule has 29 heavy (non-hydrogen) atoms. The molecule has 1 unspecified atom stereocenters. The highest BCUT2D eigenvalue weighted by atomic mass is 16.5. The lowest BCUT2D eigenvalue weighted by Gasteiger charge is -2.14. The number of hydrogen-bond acceptors (Lipinski definition) is 6. The fourth-order valence-corrected chi connectivity index (χ4v) is 3.73. The number of aryl methyl sites for hydroxylation is 2. The Morgan fingerprint density at radius 3 is 3.03 bits per heavy atom. The summed E-state index contributed by atoms with van der Waals surface area (Å²) in [6.07, 6.45) is 4.11. The summed E-state index contributed by atoms with van der Waals surface area (Å²) in [4.78, 5) is 17.2. The molecule has 3 aromatic rings. The third-order valence-corrected chi connectivity index (χ3v) is 5.41. The van der Waals surface area contributed by atoms with Crippen molar-refractivity contribution in [2.24, 2.45) is 0 Å². The van der Waals surface area contributed by atoms with Gasteiger partial charge in [0.2, 0.25) is 11.7 Å². The van der Waals surface area contributed by atoms with Crippen LogP contribution in [0.25, 0.3) is 11.4 Å². The number of benzene rings is 1. The van der Waals surface area contributed by atoms with Crippen LogP contribution in [0.3, 0.4) is 0 Å². The smallest absolute Gasteiger partial charge is 0.255 e. The third-order valence-electron chi connectivity index (χ3n) is 5.41. The maximum atomic E-state index is 12.8. The zero-order valence-electron chi connectivity index (χ0n) is 16.9. The van der Waals surface area contributed by atoms with Gasteiger partial charge in [-0.2, -0.15) is 10.1 Å². The van der Waals surface area contributed by atoms with E-state index < -0.39 is 0 Å². The van der Waals surface area contributed by atoms with E-state index in [2.05, 4.69) is 32.7 Å². The van der Waals surface area contributed by atoms with Gasteiger partial charge in [0.05, 0.1) is 31.0 Å². The lowest BCUT2D eigenvalue weighted by atomic mass is 10.0. The van der Waals surface area contributed by atoms with E-state index in [0.29, 0.717) is 36.9 Å². The van der Waals surface area contributed by atoms with E-state index >= 15 is 0 Å². The largest absolute Gasteiger partial charge is 0.383 e. The third kappa shape index (κ3) is 3.80. The minimum atomic E-state index is -0.0983. The molecule has 8 nitrogen and oxygen atoms in total. The van der Waals surface area contributed by atoms with Crippen LogP contribution < -0.4 is 5.32 Å². The number of fused-ring (bicyclic) bond motifs is 1. The highest BCUT2D eigenvalue weighted by Gasteiger charge is 2.26. The van der Waals surface area contributed by atoms with Crippen LogP contribution in [-0.4, -0.2) is 39.5 Å². The summed E-state index contributed by atoms with van der Waals surface area (Å²) >= 11 is 0. The first-order valence-corrected chi connectivity index (χ1v) is 9.88. The lowest BCUT2D eigenvalue weighted by molar-refractivity contribution is 0.0935. The Balaban J connectivity index is 1.48. The van der Waals surface area contributed by atoms with E-state index in [1.165, 1.54) is 5.56 Å².